The third-order valence-electron chi connectivity index (χ3n) is 5.33. The van der Waals surface area contributed by atoms with Gasteiger partial charge in [0.1, 0.15) is 18.0 Å². The van der Waals surface area contributed by atoms with Gasteiger partial charge in [-0.1, -0.05) is 18.2 Å². The molecule has 0 aliphatic heterocycles. The fourth-order valence-electron chi connectivity index (χ4n) is 3.61. The van der Waals surface area contributed by atoms with Crippen LogP contribution in [0, 0.1) is 0 Å². The van der Waals surface area contributed by atoms with E-state index in [1.165, 1.54) is 18.2 Å². The van der Waals surface area contributed by atoms with Gasteiger partial charge in [0.25, 0.3) is 0 Å². The summed E-state index contributed by atoms with van der Waals surface area (Å²) in [6, 6.07) is 10.0. The molecule has 1 aromatic carbocycles. The predicted octanol–water partition coefficient (Wildman–Crippen LogP) is 2.37. The van der Waals surface area contributed by atoms with E-state index in [4.69, 9.17) is 9.47 Å². The number of carbonyl (C=O) groups excluding carboxylic acids is 1. The number of carboxylic acid groups (broad SMARTS) is 1. The first-order valence-corrected chi connectivity index (χ1v) is 11.1. The van der Waals surface area contributed by atoms with Crippen molar-refractivity contribution in [1.29, 1.82) is 0 Å². The minimum absolute atomic E-state index is 0.0874. The number of rotatable bonds is 9. The molecule has 32 heavy (non-hydrogen) atoms. The van der Waals surface area contributed by atoms with Crippen LogP contribution in [0.2, 0.25) is 0 Å². The summed E-state index contributed by atoms with van der Waals surface area (Å²) in [7, 11) is 0. The van der Waals surface area contributed by atoms with Crippen LogP contribution >= 0.6 is 11.3 Å². The Morgan fingerprint density at radius 1 is 1.16 bits per heavy atom. The Morgan fingerprint density at radius 3 is 2.56 bits per heavy atom. The lowest BCUT2D eigenvalue weighted by Crippen LogP contribution is -2.58. The first-order valence-electron chi connectivity index (χ1n) is 10.2. The van der Waals surface area contributed by atoms with Crippen LogP contribution in [-0.4, -0.2) is 62.9 Å². The molecule has 0 radical (unpaired) electrons. The number of aryl methyl sites for hydroxylation is 1. The Balaban J connectivity index is 1.62. The summed E-state index contributed by atoms with van der Waals surface area (Å²) in [5, 5.41) is 41.6. The maximum absolute atomic E-state index is 12.2. The molecule has 0 saturated heterocycles. The number of carbonyl (C=O) groups is 2. The van der Waals surface area contributed by atoms with E-state index < -0.39 is 35.9 Å². The smallest absolute Gasteiger partial charge is 0.336 e. The molecule has 1 aliphatic carbocycles. The number of aliphatic carboxylic acids is 1. The van der Waals surface area contributed by atoms with Crippen molar-refractivity contribution in [1.82, 2.24) is 0 Å². The van der Waals surface area contributed by atoms with Gasteiger partial charge in [0.2, 0.25) is 0 Å². The van der Waals surface area contributed by atoms with Crippen LogP contribution in [0.1, 0.15) is 29.7 Å². The third-order valence-corrected chi connectivity index (χ3v) is 6.27. The normalized spacial score (nSPS) is 25.6. The highest BCUT2D eigenvalue weighted by molar-refractivity contribution is 7.09. The van der Waals surface area contributed by atoms with Crippen molar-refractivity contribution < 1.29 is 39.5 Å². The van der Waals surface area contributed by atoms with E-state index in [2.05, 4.69) is 0 Å². The van der Waals surface area contributed by atoms with E-state index in [0.29, 0.717) is 12.0 Å². The highest BCUT2D eigenvalue weighted by Crippen LogP contribution is 2.35. The molecule has 0 spiro atoms. The largest absolute Gasteiger partial charge is 0.508 e. The lowest BCUT2D eigenvalue weighted by atomic mass is 9.79. The lowest BCUT2D eigenvalue weighted by molar-refractivity contribution is -0.207. The second kappa shape index (κ2) is 10.7. The zero-order valence-electron chi connectivity index (χ0n) is 17.3. The number of hydrogen-bond acceptors (Lipinski definition) is 8. The molecule has 1 aliphatic rings. The molecule has 4 N–H and O–H groups in total. The van der Waals surface area contributed by atoms with Crippen molar-refractivity contribution in [3.63, 3.8) is 0 Å². The van der Waals surface area contributed by atoms with Crippen LogP contribution in [0.3, 0.4) is 0 Å². The Bertz CT molecular complexity index is 924. The fourth-order valence-corrected chi connectivity index (χ4v) is 4.36. The topological polar surface area (TPSA) is 134 Å². The van der Waals surface area contributed by atoms with Gasteiger partial charge in [-0.05, 0) is 48.1 Å². The van der Waals surface area contributed by atoms with Gasteiger partial charge in [-0.2, -0.15) is 0 Å². The van der Waals surface area contributed by atoms with Crippen molar-refractivity contribution in [2.45, 2.75) is 49.6 Å². The maximum atomic E-state index is 12.2. The second-order valence-electron chi connectivity index (χ2n) is 7.70. The van der Waals surface area contributed by atoms with Gasteiger partial charge in [0, 0.05) is 30.4 Å². The van der Waals surface area contributed by atoms with Gasteiger partial charge in [0.15, 0.2) is 5.60 Å². The summed E-state index contributed by atoms with van der Waals surface area (Å²) in [5.41, 5.74) is -1.13. The Kier molecular flexibility index (Phi) is 8.03. The molecule has 0 bridgehead atoms. The number of aliphatic hydroxyl groups excluding tert-OH is 2. The fraction of sp³-hybridized carbons (Fsp3) is 0.391. The zero-order chi connectivity index (χ0) is 23.1. The molecule has 1 aromatic heterocycles. The quantitative estimate of drug-likeness (QED) is 0.254. The van der Waals surface area contributed by atoms with Gasteiger partial charge in [-0.15, -0.1) is 11.3 Å². The zero-order valence-corrected chi connectivity index (χ0v) is 18.1. The second-order valence-corrected chi connectivity index (χ2v) is 8.73. The maximum Gasteiger partial charge on any atom is 0.336 e. The van der Waals surface area contributed by atoms with Crippen molar-refractivity contribution in [3.8, 4) is 5.75 Å². The van der Waals surface area contributed by atoms with Crippen molar-refractivity contribution in [2.24, 2.45) is 0 Å². The van der Waals surface area contributed by atoms with E-state index in [9.17, 15) is 30.0 Å². The van der Waals surface area contributed by atoms with Crippen LogP contribution in [0.15, 0.2) is 47.9 Å². The Labute approximate surface area is 189 Å². The number of carboxylic acids is 1. The molecule has 9 heteroatoms. The minimum atomic E-state index is -1.76. The molecule has 1 fully saturated rings. The Hall–Kier alpha value is -2.72. The molecule has 3 rings (SSSR count). The average molecular weight is 463 g/mol. The Morgan fingerprint density at radius 2 is 1.91 bits per heavy atom. The van der Waals surface area contributed by atoms with Gasteiger partial charge < -0.3 is 29.9 Å². The van der Waals surface area contributed by atoms with E-state index in [0.717, 1.165) is 17.4 Å². The first kappa shape index (κ1) is 23.9. The molecule has 8 nitrogen and oxygen atoms in total. The number of esters is 1. The lowest BCUT2D eigenvalue weighted by Gasteiger charge is -2.41. The molecule has 172 valence electrons. The SMILES string of the molecule is O=C(C=Cc1ccc(O)cc1)O[C@@H]1C[C@](OCCCc2cccs2)(C(=O)O)C[C@H](O)[C@H]1O. The summed E-state index contributed by atoms with van der Waals surface area (Å²) < 4.78 is 11.0. The number of hydrogen-bond donors (Lipinski definition) is 4. The average Bonchev–Trinajstić information content (AvgIpc) is 3.28. The number of benzene rings is 1. The summed E-state index contributed by atoms with van der Waals surface area (Å²) in [6.07, 6.45) is -0.766. The van der Waals surface area contributed by atoms with Crippen molar-refractivity contribution in [2.75, 3.05) is 6.61 Å². The van der Waals surface area contributed by atoms with Crippen molar-refractivity contribution in [3.05, 3.63) is 58.3 Å². The standard InChI is InChI=1S/C23H26O8S/c24-16-8-5-15(6-9-16)7-10-20(26)31-19-14-23(22(28)29,13-18(25)21(19)27)30-11-1-3-17-4-2-12-32-17/h2,4-10,12,18-19,21,24-25,27H,1,3,11,13-14H2,(H,28,29)/t18-,19+,21+,23-/m0/s1. The molecule has 2 aromatic rings. The van der Waals surface area contributed by atoms with Crippen LogP contribution in [-0.2, 0) is 25.5 Å². The number of thiophene rings is 1. The van der Waals surface area contributed by atoms with Crippen LogP contribution in [0.4, 0.5) is 0 Å². The molecular formula is C23H26O8S. The van der Waals surface area contributed by atoms with Crippen molar-refractivity contribution >= 4 is 29.4 Å². The first-order chi connectivity index (χ1) is 15.3. The number of phenolic OH excluding ortho intramolecular Hbond substituents is 1. The summed E-state index contributed by atoms with van der Waals surface area (Å²) in [4.78, 5) is 25.4. The number of aromatic hydroxyl groups is 1. The number of phenols is 1. The minimum Gasteiger partial charge on any atom is -0.508 e. The van der Waals surface area contributed by atoms with Crippen LogP contribution < -0.4 is 0 Å². The van der Waals surface area contributed by atoms with Gasteiger partial charge in [0.05, 0.1) is 6.10 Å². The van der Waals surface area contributed by atoms with Gasteiger partial charge in [-0.3, -0.25) is 0 Å². The van der Waals surface area contributed by atoms with Crippen LogP contribution in [0.5, 0.6) is 5.75 Å². The summed E-state index contributed by atoms with van der Waals surface area (Å²) in [6.45, 7) is 0.147. The monoisotopic (exact) mass is 462 g/mol. The molecule has 1 heterocycles. The third kappa shape index (κ3) is 6.17. The molecule has 0 amide bonds. The highest BCUT2D eigenvalue weighted by atomic mass is 32.1. The summed E-state index contributed by atoms with van der Waals surface area (Å²) >= 11 is 1.60. The van der Waals surface area contributed by atoms with E-state index >= 15 is 0 Å². The molecule has 1 saturated carbocycles. The van der Waals surface area contributed by atoms with E-state index in [1.807, 2.05) is 17.5 Å². The van der Waals surface area contributed by atoms with Gasteiger partial charge in [-0.25, -0.2) is 9.59 Å². The molecule has 0 unspecified atom stereocenters. The highest BCUT2D eigenvalue weighted by Gasteiger charge is 2.52. The van der Waals surface area contributed by atoms with E-state index in [-0.39, 0.29) is 25.2 Å². The molecule has 4 atom stereocenters. The van der Waals surface area contributed by atoms with Gasteiger partial charge >= 0.3 is 11.9 Å². The number of aliphatic hydroxyl groups is 2. The predicted molar refractivity (Wildman–Crippen MR) is 117 cm³/mol. The number of ether oxygens (including phenoxy) is 2. The van der Waals surface area contributed by atoms with E-state index in [1.54, 1.807) is 23.5 Å². The summed E-state index contributed by atoms with van der Waals surface area (Å²) in [5.74, 6) is -1.99. The molecular weight excluding hydrogens is 436 g/mol. The van der Waals surface area contributed by atoms with Crippen LogP contribution in [0.25, 0.3) is 6.08 Å².